The molecule has 4 N–H and O–H groups in total. The maximum absolute atomic E-state index is 12.8. The van der Waals surface area contributed by atoms with Crippen LogP contribution in [0.1, 0.15) is 17.7 Å². The van der Waals surface area contributed by atoms with E-state index in [0.29, 0.717) is 13.1 Å². The van der Waals surface area contributed by atoms with Gasteiger partial charge in [-0.25, -0.2) is 4.98 Å². The van der Waals surface area contributed by atoms with Crippen LogP contribution in [0.15, 0.2) is 12.1 Å². The molecule has 1 aliphatic carbocycles. The van der Waals surface area contributed by atoms with Crippen molar-refractivity contribution in [3.8, 4) is 0 Å². The van der Waals surface area contributed by atoms with Crippen molar-refractivity contribution in [1.82, 2.24) is 4.98 Å². The van der Waals surface area contributed by atoms with Crippen LogP contribution in [-0.4, -0.2) is 36.8 Å². The largest absolute Gasteiger partial charge is 0.355 e. The van der Waals surface area contributed by atoms with Crippen molar-refractivity contribution in [3.05, 3.63) is 23.4 Å². The first-order chi connectivity index (χ1) is 9.17. The summed E-state index contributed by atoms with van der Waals surface area (Å²) in [6.45, 7) is 1.01. The minimum atomic E-state index is -0.350. The molecule has 1 aliphatic heterocycles. The molecule has 4 nitrogen and oxygen atoms in total. The lowest BCUT2D eigenvalue weighted by molar-refractivity contribution is 0.360. The predicted octanol–water partition coefficient (Wildman–Crippen LogP) is 0.631. The Bertz CT molecular complexity index is 465. The lowest BCUT2D eigenvalue weighted by Gasteiger charge is -2.23. The third-order valence-electron chi connectivity index (χ3n) is 4.30. The van der Waals surface area contributed by atoms with Crippen LogP contribution in [0.25, 0.3) is 0 Å². The monoisotopic (exact) mass is 264 g/mol. The number of fused-ring (bicyclic) bond motifs is 1. The van der Waals surface area contributed by atoms with Gasteiger partial charge in [0.1, 0.15) is 5.82 Å². The van der Waals surface area contributed by atoms with Crippen molar-refractivity contribution in [1.29, 1.82) is 0 Å². The second-order valence-electron chi connectivity index (χ2n) is 5.76. The van der Waals surface area contributed by atoms with Crippen molar-refractivity contribution >= 4 is 5.82 Å². The fourth-order valence-corrected chi connectivity index (χ4v) is 3.05. The Hall–Kier alpha value is -1.20. The van der Waals surface area contributed by atoms with Crippen LogP contribution in [0.3, 0.4) is 0 Å². The average molecular weight is 264 g/mol. The highest BCUT2D eigenvalue weighted by molar-refractivity contribution is 5.44. The molecule has 3 unspecified atom stereocenters. The number of rotatable bonds is 2. The van der Waals surface area contributed by atoms with Gasteiger partial charge in [-0.15, -0.1) is 0 Å². The van der Waals surface area contributed by atoms with Crippen LogP contribution in [0.5, 0.6) is 0 Å². The smallest absolute Gasteiger partial charge is 0.128 e. The van der Waals surface area contributed by atoms with E-state index in [9.17, 15) is 4.39 Å². The molecule has 0 spiro atoms. The van der Waals surface area contributed by atoms with Crippen LogP contribution >= 0.6 is 0 Å². The predicted molar refractivity (Wildman–Crippen MR) is 73.9 cm³/mol. The van der Waals surface area contributed by atoms with Gasteiger partial charge in [0, 0.05) is 36.8 Å². The molecule has 0 saturated carbocycles. The first-order valence-corrected chi connectivity index (χ1v) is 6.98. The zero-order chi connectivity index (χ0) is 13.4. The molecule has 1 aromatic rings. The second kappa shape index (κ2) is 5.06. The van der Waals surface area contributed by atoms with E-state index in [1.807, 2.05) is 6.07 Å². The number of hydrogen-bond acceptors (Lipinski definition) is 4. The van der Waals surface area contributed by atoms with Crippen molar-refractivity contribution < 1.29 is 4.39 Å². The van der Waals surface area contributed by atoms with E-state index in [-0.39, 0.29) is 24.7 Å². The molecule has 19 heavy (non-hydrogen) atoms. The van der Waals surface area contributed by atoms with Gasteiger partial charge in [-0.05, 0) is 30.9 Å². The Kier molecular flexibility index (Phi) is 3.41. The third-order valence-corrected chi connectivity index (χ3v) is 4.30. The highest BCUT2D eigenvalue weighted by atomic mass is 19.1. The molecule has 3 atom stereocenters. The Balaban J connectivity index is 1.80. The van der Waals surface area contributed by atoms with Gasteiger partial charge < -0.3 is 16.4 Å². The van der Waals surface area contributed by atoms with E-state index >= 15 is 0 Å². The normalized spacial score (nSPS) is 30.5. The summed E-state index contributed by atoms with van der Waals surface area (Å²) in [6.07, 6.45) is 2.85. The quantitative estimate of drug-likeness (QED) is 0.822. The summed E-state index contributed by atoms with van der Waals surface area (Å²) in [5, 5.41) is 0. The Morgan fingerprint density at radius 2 is 2.16 bits per heavy atom. The molecule has 1 aromatic heterocycles. The number of nitrogens with two attached hydrogens (primary N) is 2. The fourth-order valence-electron chi connectivity index (χ4n) is 3.05. The molecule has 104 valence electrons. The van der Waals surface area contributed by atoms with E-state index in [2.05, 4.69) is 11.0 Å². The number of alkyl halides is 1. The number of aryl methyl sites for hydroxylation is 1. The van der Waals surface area contributed by atoms with E-state index in [4.69, 9.17) is 16.5 Å². The van der Waals surface area contributed by atoms with Crippen molar-refractivity contribution in [2.24, 2.45) is 17.4 Å². The minimum Gasteiger partial charge on any atom is -0.355 e. The summed E-state index contributed by atoms with van der Waals surface area (Å²) < 4.78 is 12.8. The summed E-state index contributed by atoms with van der Waals surface area (Å²) in [7, 11) is 0. The van der Waals surface area contributed by atoms with E-state index < -0.39 is 0 Å². The Labute approximate surface area is 113 Å². The number of pyridine rings is 1. The van der Waals surface area contributed by atoms with Crippen LogP contribution < -0.4 is 16.4 Å². The first-order valence-electron chi connectivity index (χ1n) is 6.98. The van der Waals surface area contributed by atoms with E-state index in [1.165, 1.54) is 5.56 Å². The molecular formula is C14H21FN4. The third kappa shape index (κ3) is 2.44. The molecule has 1 saturated heterocycles. The fraction of sp³-hybridized carbons (Fsp3) is 0.643. The van der Waals surface area contributed by atoms with Gasteiger partial charge in [-0.2, -0.15) is 0 Å². The SMILES string of the molecule is NC1CCc2nc(N3CC(N)C(CF)C3)ccc2C1. The first kappa shape index (κ1) is 12.8. The zero-order valence-corrected chi connectivity index (χ0v) is 11.1. The number of aromatic nitrogens is 1. The van der Waals surface area contributed by atoms with E-state index in [1.54, 1.807) is 0 Å². The van der Waals surface area contributed by atoms with Crippen molar-refractivity contribution in [2.75, 3.05) is 24.7 Å². The Morgan fingerprint density at radius 1 is 1.32 bits per heavy atom. The van der Waals surface area contributed by atoms with E-state index in [0.717, 1.165) is 30.8 Å². The van der Waals surface area contributed by atoms with Gasteiger partial charge in [0.2, 0.25) is 0 Å². The van der Waals surface area contributed by atoms with Gasteiger partial charge in [0.15, 0.2) is 0 Å². The minimum absolute atomic E-state index is 0.0637. The summed E-state index contributed by atoms with van der Waals surface area (Å²) in [4.78, 5) is 6.83. The number of hydrogen-bond donors (Lipinski definition) is 2. The number of halogens is 1. The van der Waals surface area contributed by atoms with Gasteiger partial charge in [0.05, 0.1) is 6.67 Å². The lowest BCUT2D eigenvalue weighted by atomic mass is 9.92. The molecule has 0 bridgehead atoms. The molecule has 1 fully saturated rings. The molecule has 2 heterocycles. The Morgan fingerprint density at radius 3 is 2.89 bits per heavy atom. The van der Waals surface area contributed by atoms with Gasteiger partial charge in [0.25, 0.3) is 0 Å². The highest BCUT2D eigenvalue weighted by Crippen LogP contribution is 2.26. The molecule has 0 radical (unpaired) electrons. The zero-order valence-electron chi connectivity index (χ0n) is 11.1. The summed E-state index contributed by atoms with van der Waals surface area (Å²) in [5.74, 6) is 0.867. The number of anilines is 1. The van der Waals surface area contributed by atoms with Crippen molar-refractivity contribution in [2.45, 2.75) is 31.3 Å². The highest BCUT2D eigenvalue weighted by Gasteiger charge is 2.31. The lowest BCUT2D eigenvalue weighted by Crippen LogP contribution is -2.31. The molecule has 0 aromatic carbocycles. The van der Waals surface area contributed by atoms with Crippen LogP contribution in [0.2, 0.25) is 0 Å². The van der Waals surface area contributed by atoms with Crippen LogP contribution in [-0.2, 0) is 12.8 Å². The maximum Gasteiger partial charge on any atom is 0.128 e. The van der Waals surface area contributed by atoms with Crippen molar-refractivity contribution in [3.63, 3.8) is 0 Å². The van der Waals surface area contributed by atoms with Gasteiger partial charge >= 0.3 is 0 Å². The topological polar surface area (TPSA) is 68.2 Å². The van der Waals surface area contributed by atoms with Crippen LogP contribution in [0, 0.1) is 5.92 Å². The van der Waals surface area contributed by atoms with Gasteiger partial charge in [-0.3, -0.25) is 4.39 Å². The average Bonchev–Trinajstić information content (AvgIpc) is 2.79. The molecule has 3 rings (SSSR count). The maximum atomic E-state index is 12.8. The molecule has 5 heteroatoms. The summed E-state index contributed by atoms with van der Waals surface area (Å²) >= 11 is 0. The second-order valence-corrected chi connectivity index (χ2v) is 5.76. The standard InChI is InChI=1S/C14H21FN4/c15-6-10-7-19(8-12(10)17)14-4-1-9-5-11(16)2-3-13(9)18-14/h1,4,10-12H,2-3,5-8,16-17H2. The van der Waals surface area contributed by atoms with Crippen LogP contribution in [0.4, 0.5) is 10.2 Å². The molecule has 2 aliphatic rings. The summed E-state index contributed by atoms with van der Waals surface area (Å²) in [5.41, 5.74) is 14.3. The summed E-state index contributed by atoms with van der Waals surface area (Å²) in [6, 6.07) is 4.31. The van der Waals surface area contributed by atoms with Gasteiger partial charge in [-0.1, -0.05) is 6.07 Å². The number of nitrogens with zero attached hydrogens (tertiary/aromatic N) is 2. The molecule has 0 amide bonds. The molecular weight excluding hydrogens is 243 g/mol.